The van der Waals surface area contributed by atoms with Crippen LogP contribution in [-0.2, 0) is 10.1 Å². The van der Waals surface area contributed by atoms with Crippen molar-refractivity contribution in [3.63, 3.8) is 0 Å². The zero-order chi connectivity index (χ0) is 14.6. The summed E-state index contributed by atoms with van der Waals surface area (Å²) in [7, 11) is -3.94. The minimum atomic E-state index is -3.94. The van der Waals surface area contributed by atoms with Crippen LogP contribution in [-0.4, -0.2) is 24.9 Å². The van der Waals surface area contributed by atoms with Gasteiger partial charge in [0.2, 0.25) is 0 Å². The van der Waals surface area contributed by atoms with Crippen molar-refractivity contribution in [1.29, 1.82) is 0 Å². The molecular weight excluding hydrogens is 262 g/mol. The van der Waals surface area contributed by atoms with Gasteiger partial charge in [-0.05, 0) is 19.4 Å². The molecule has 0 aromatic carbocycles. The SMILES string of the molecule is CCCCCCCCCCCNC(CC)S(=O)(=O)O. The standard InChI is InChI=1S/C14H31NO3S/c1-3-5-6-7-8-9-10-11-12-13-15-14(4-2)19(16,17)18/h14-15H,3-13H2,1-2H3,(H,16,17,18). The Balaban J connectivity index is 3.35. The van der Waals surface area contributed by atoms with Crippen LogP contribution in [0.25, 0.3) is 0 Å². The summed E-state index contributed by atoms with van der Waals surface area (Å²) in [5.41, 5.74) is 0. The average molecular weight is 293 g/mol. The number of hydrogen-bond acceptors (Lipinski definition) is 3. The second-order valence-electron chi connectivity index (χ2n) is 5.19. The molecule has 116 valence electrons. The third-order valence-corrected chi connectivity index (χ3v) is 4.60. The molecule has 0 heterocycles. The van der Waals surface area contributed by atoms with E-state index in [0.29, 0.717) is 13.0 Å². The van der Waals surface area contributed by atoms with Gasteiger partial charge < -0.3 is 0 Å². The van der Waals surface area contributed by atoms with Gasteiger partial charge in [-0.2, -0.15) is 8.42 Å². The molecule has 0 aliphatic rings. The minimum absolute atomic E-state index is 0.399. The Morgan fingerprint density at radius 1 is 0.895 bits per heavy atom. The summed E-state index contributed by atoms with van der Waals surface area (Å²) in [6.07, 6.45) is 11.6. The zero-order valence-electron chi connectivity index (χ0n) is 12.5. The molecule has 0 rings (SSSR count). The number of unbranched alkanes of at least 4 members (excludes halogenated alkanes) is 8. The van der Waals surface area contributed by atoms with E-state index in [-0.39, 0.29) is 0 Å². The van der Waals surface area contributed by atoms with Crippen molar-refractivity contribution in [3.8, 4) is 0 Å². The summed E-state index contributed by atoms with van der Waals surface area (Å²) >= 11 is 0. The molecule has 0 fully saturated rings. The lowest BCUT2D eigenvalue weighted by Gasteiger charge is -2.13. The van der Waals surface area contributed by atoms with E-state index in [1.54, 1.807) is 6.92 Å². The highest BCUT2D eigenvalue weighted by atomic mass is 32.2. The molecule has 0 aliphatic heterocycles. The van der Waals surface area contributed by atoms with Crippen molar-refractivity contribution in [2.24, 2.45) is 0 Å². The molecule has 0 aromatic heterocycles. The lowest BCUT2D eigenvalue weighted by atomic mass is 10.1. The van der Waals surface area contributed by atoms with Gasteiger partial charge in [-0.15, -0.1) is 0 Å². The molecule has 1 atom stereocenters. The van der Waals surface area contributed by atoms with E-state index in [2.05, 4.69) is 12.2 Å². The van der Waals surface area contributed by atoms with Crippen LogP contribution in [0.3, 0.4) is 0 Å². The second-order valence-corrected chi connectivity index (χ2v) is 6.79. The number of nitrogens with one attached hydrogen (secondary N) is 1. The summed E-state index contributed by atoms with van der Waals surface area (Å²) < 4.78 is 30.8. The van der Waals surface area contributed by atoms with E-state index in [9.17, 15) is 8.42 Å². The molecule has 0 radical (unpaired) electrons. The maximum Gasteiger partial charge on any atom is 0.281 e. The van der Waals surface area contributed by atoms with E-state index >= 15 is 0 Å². The monoisotopic (exact) mass is 293 g/mol. The van der Waals surface area contributed by atoms with Gasteiger partial charge in [0, 0.05) is 0 Å². The van der Waals surface area contributed by atoms with Crippen LogP contribution >= 0.6 is 0 Å². The highest BCUT2D eigenvalue weighted by Gasteiger charge is 2.19. The van der Waals surface area contributed by atoms with Gasteiger partial charge in [-0.25, -0.2) is 0 Å². The van der Waals surface area contributed by atoms with E-state index < -0.39 is 15.5 Å². The van der Waals surface area contributed by atoms with Gasteiger partial charge in [0.1, 0.15) is 5.37 Å². The molecule has 0 saturated carbocycles. The first-order chi connectivity index (χ1) is 9.02. The lowest BCUT2D eigenvalue weighted by molar-refractivity contribution is 0.441. The molecule has 1 unspecified atom stereocenters. The first kappa shape index (κ1) is 18.9. The Labute approximate surface area is 119 Å². The third kappa shape index (κ3) is 11.4. The van der Waals surface area contributed by atoms with Crippen LogP contribution in [0.2, 0.25) is 0 Å². The van der Waals surface area contributed by atoms with E-state index in [1.807, 2.05) is 0 Å². The summed E-state index contributed by atoms with van der Waals surface area (Å²) in [6.45, 7) is 4.64. The van der Waals surface area contributed by atoms with Crippen LogP contribution in [0.15, 0.2) is 0 Å². The Bertz CT molecular complexity index is 291. The van der Waals surface area contributed by atoms with Gasteiger partial charge in [0.05, 0.1) is 0 Å². The van der Waals surface area contributed by atoms with Gasteiger partial charge in [-0.1, -0.05) is 65.2 Å². The van der Waals surface area contributed by atoms with Crippen molar-refractivity contribution in [2.45, 2.75) is 83.4 Å². The molecule has 4 nitrogen and oxygen atoms in total. The highest BCUT2D eigenvalue weighted by Crippen LogP contribution is 2.09. The molecule has 5 heteroatoms. The molecule has 0 saturated heterocycles. The predicted molar refractivity (Wildman–Crippen MR) is 80.9 cm³/mol. The molecule has 0 amide bonds. The predicted octanol–water partition coefficient (Wildman–Crippen LogP) is 3.73. The van der Waals surface area contributed by atoms with Crippen molar-refractivity contribution in [3.05, 3.63) is 0 Å². The second kappa shape index (κ2) is 11.7. The smallest absolute Gasteiger partial charge is 0.281 e. The largest absolute Gasteiger partial charge is 0.299 e. The first-order valence-electron chi connectivity index (χ1n) is 7.72. The molecule has 0 aliphatic carbocycles. The summed E-state index contributed by atoms with van der Waals surface area (Å²) in [4.78, 5) is 0. The van der Waals surface area contributed by atoms with E-state index in [0.717, 1.165) is 12.8 Å². The lowest BCUT2D eigenvalue weighted by Crippen LogP contribution is -2.36. The Morgan fingerprint density at radius 3 is 1.79 bits per heavy atom. The fraction of sp³-hybridized carbons (Fsp3) is 1.00. The van der Waals surface area contributed by atoms with Crippen molar-refractivity contribution >= 4 is 10.1 Å². The summed E-state index contributed by atoms with van der Waals surface area (Å²) in [5, 5.41) is 2.09. The van der Waals surface area contributed by atoms with Gasteiger partial charge in [0.15, 0.2) is 0 Å². The Kier molecular flexibility index (Phi) is 11.6. The van der Waals surface area contributed by atoms with E-state index in [1.165, 1.54) is 44.9 Å². The number of rotatable bonds is 13. The Hall–Kier alpha value is -0.130. The maximum absolute atomic E-state index is 10.9. The third-order valence-electron chi connectivity index (χ3n) is 3.38. The number of hydrogen-bond donors (Lipinski definition) is 2. The fourth-order valence-electron chi connectivity index (χ4n) is 2.16. The van der Waals surface area contributed by atoms with Crippen LogP contribution in [0.1, 0.15) is 78.1 Å². The quantitative estimate of drug-likeness (QED) is 0.401. The maximum atomic E-state index is 10.9. The summed E-state index contributed by atoms with van der Waals surface area (Å²) in [5.74, 6) is 0. The van der Waals surface area contributed by atoms with Crippen molar-refractivity contribution < 1.29 is 13.0 Å². The minimum Gasteiger partial charge on any atom is -0.299 e. The van der Waals surface area contributed by atoms with Gasteiger partial charge >= 0.3 is 0 Å². The zero-order valence-corrected chi connectivity index (χ0v) is 13.3. The van der Waals surface area contributed by atoms with Crippen LogP contribution in [0.5, 0.6) is 0 Å². The van der Waals surface area contributed by atoms with Crippen molar-refractivity contribution in [2.75, 3.05) is 6.54 Å². The van der Waals surface area contributed by atoms with Crippen LogP contribution in [0, 0.1) is 0 Å². The van der Waals surface area contributed by atoms with Gasteiger partial charge in [0.25, 0.3) is 10.1 Å². The fourth-order valence-corrected chi connectivity index (χ4v) is 2.91. The average Bonchev–Trinajstić information content (AvgIpc) is 2.34. The van der Waals surface area contributed by atoms with Crippen molar-refractivity contribution in [1.82, 2.24) is 5.32 Å². The molecule has 19 heavy (non-hydrogen) atoms. The van der Waals surface area contributed by atoms with Crippen LogP contribution < -0.4 is 5.32 Å². The molecule has 0 spiro atoms. The Morgan fingerprint density at radius 2 is 1.37 bits per heavy atom. The molecule has 2 N–H and O–H groups in total. The topological polar surface area (TPSA) is 66.4 Å². The normalized spacial score (nSPS) is 13.6. The first-order valence-corrected chi connectivity index (χ1v) is 9.22. The molecule has 0 aromatic rings. The van der Waals surface area contributed by atoms with Crippen LogP contribution in [0.4, 0.5) is 0 Å². The van der Waals surface area contributed by atoms with Gasteiger partial charge in [-0.3, -0.25) is 9.87 Å². The summed E-state index contributed by atoms with van der Waals surface area (Å²) in [6, 6.07) is 0. The molecular formula is C14H31NO3S. The van der Waals surface area contributed by atoms with E-state index in [4.69, 9.17) is 4.55 Å². The molecule has 0 bridgehead atoms. The highest BCUT2D eigenvalue weighted by molar-refractivity contribution is 7.86.